The Hall–Kier alpha value is -1.00. The molecule has 0 aliphatic rings. The van der Waals surface area contributed by atoms with Crippen LogP contribution in [0.3, 0.4) is 0 Å². The third-order valence-corrected chi connectivity index (χ3v) is 3.17. The quantitative estimate of drug-likeness (QED) is 0.772. The molecule has 0 spiro atoms. The standard InChI is InChI=1S/C14H21NO2S/c1-11(2)17-8-9-18-10-14(16)15-13-6-4-12(3)5-7-13/h4-7,11H,8-10H2,1-3H3,(H,15,16). The summed E-state index contributed by atoms with van der Waals surface area (Å²) in [5, 5.41) is 2.87. The summed E-state index contributed by atoms with van der Waals surface area (Å²) in [4.78, 5) is 11.6. The van der Waals surface area contributed by atoms with Gasteiger partial charge in [0.2, 0.25) is 5.91 Å². The van der Waals surface area contributed by atoms with Crippen LogP contribution in [0.1, 0.15) is 19.4 Å². The molecule has 18 heavy (non-hydrogen) atoms. The number of anilines is 1. The Morgan fingerprint density at radius 3 is 2.61 bits per heavy atom. The molecule has 0 saturated heterocycles. The lowest BCUT2D eigenvalue weighted by atomic mass is 10.2. The van der Waals surface area contributed by atoms with Crippen molar-refractivity contribution in [2.75, 3.05) is 23.4 Å². The summed E-state index contributed by atoms with van der Waals surface area (Å²) in [5.41, 5.74) is 2.04. The zero-order valence-electron chi connectivity index (χ0n) is 11.2. The highest BCUT2D eigenvalue weighted by molar-refractivity contribution is 7.99. The molecule has 0 aliphatic heterocycles. The van der Waals surface area contributed by atoms with Gasteiger partial charge in [0.15, 0.2) is 0 Å². The van der Waals surface area contributed by atoms with Gasteiger partial charge in [-0.25, -0.2) is 0 Å². The third kappa shape index (κ3) is 6.67. The summed E-state index contributed by atoms with van der Waals surface area (Å²) < 4.78 is 5.40. The van der Waals surface area contributed by atoms with Crippen molar-refractivity contribution < 1.29 is 9.53 Å². The number of carbonyl (C=O) groups excluding carboxylic acids is 1. The molecule has 0 heterocycles. The normalized spacial score (nSPS) is 10.7. The van der Waals surface area contributed by atoms with Crippen LogP contribution in [0, 0.1) is 6.92 Å². The molecule has 0 aromatic heterocycles. The molecule has 0 bridgehead atoms. The Labute approximate surface area is 113 Å². The molecule has 100 valence electrons. The van der Waals surface area contributed by atoms with Crippen LogP contribution in [-0.4, -0.2) is 30.1 Å². The van der Waals surface area contributed by atoms with Gasteiger partial charge in [-0.3, -0.25) is 4.79 Å². The van der Waals surface area contributed by atoms with Crippen molar-refractivity contribution in [1.29, 1.82) is 0 Å². The van der Waals surface area contributed by atoms with Crippen LogP contribution >= 0.6 is 11.8 Å². The summed E-state index contributed by atoms with van der Waals surface area (Å²) in [6.07, 6.45) is 0.256. The second-order valence-corrected chi connectivity index (χ2v) is 5.49. The summed E-state index contributed by atoms with van der Waals surface area (Å²) in [6, 6.07) is 7.80. The number of hydrogen-bond acceptors (Lipinski definition) is 3. The zero-order valence-corrected chi connectivity index (χ0v) is 12.0. The first-order valence-electron chi connectivity index (χ1n) is 6.14. The maximum Gasteiger partial charge on any atom is 0.234 e. The number of thioether (sulfide) groups is 1. The minimum Gasteiger partial charge on any atom is -0.378 e. The number of ether oxygens (including phenoxy) is 1. The van der Waals surface area contributed by atoms with Gasteiger partial charge in [-0.15, -0.1) is 11.8 Å². The number of rotatable bonds is 7. The van der Waals surface area contributed by atoms with Crippen molar-refractivity contribution >= 4 is 23.4 Å². The highest BCUT2D eigenvalue weighted by Crippen LogP contribution is 2.09. The van der Waals surface area contributed by atoms with Gasteiger partial charge in [-0.1, -0.05) is 17.7 Å². The summed E-state index contributed by atoms with van der Waals surface area (Å²) >= 11 is 1.59. The Morgan fingerprint density at radius 2 is 2.00 bits per heavy atom. The van der Waals surface area contributed by atoms with E-state index in [1.54, 1.807) is 11.8 Å². The maximum atomic E-state index is 11.6. The molecule has 0 aliphatic carbocycles. The minimum absolute atomic E-state index is 0.0356. The van der Waals surface area contributed by atoms with E-state index in [4.69, 9.17) is 4.74 Å². The fourth-order valence-corrected chi connectivity index (χ4v) is 1.96. The van der Waals surface area contributed by atoms with Gasteiger partial charge in [0.05, 0.1) is 18.5 Å². The number of benzene rings is 1. The molecular weight excluding hydrogens is 246 g/mol. The second kappa shape index (κ2) is 8.16. The molecule has 0 atom stereocenters. The van der Waals surface area contributed by atoms with Crippen molar-refractivity contribution in [2.45, 2.75) is 26.9 Å². The van der Waals surface area contributed by atoms with Gasteiger partial charge in [0.1, 0.15) is 0 Å². The van der Waals surface area contributed by atoms with Crippen LogP contribution in [-0.2, 0) is 9.53 Å². The van der Waals surface area contributed by atoms with Gasteiger partial charge < -0.3 is 10.1 Å². The first-order chi connectivity index (χ1) is 8.58. The summed E-state index contributed by atoms with van der Waals surface area (Å²) in [5.74, 6) is 1.35. The molecular formula is C14H21NO2S. The monoisotopic (exact) mass is 267 g/mol. The molecule has 1 rings (SSSR count). The summed E-state index contributed by atoms with van der Waals surface area (Å²) in [7, 11) is 0. The predicted molar refractivity (Wildman–Crippen MR) is 78.2 cm³/mol. The molecule has 1 aromatic carbocycles. The van der Waals surface area contributed by atoms with Crippen LogP contribution in [0.2, 0.25) is 0 Å². The molecule has 0 unspecified atom stereocenters. The van der Waals surface area contributed by atoms with Crippen molar-refractivity contribution in [2.24, 2.45) is 0 Å². The molecule has 0 radical (unpaired) electrons. The Bertz CT molecular complexity index is 363. The van der Waals surface area contributed by atoms with E-state index in [2.05, 4.69) is 5.32 Å². The molecule has 4 heteroatoms. The average molecular weight is 267 g/mol. The summed E-state index contributed by atoms with van der Waals surface area (Å²) in [6.45, 7) is 6.74. The predicted octanol–water partition coefficient (Wildman–Crippen LogP) is 3.09. The third-order valence-electron chi connectivity index (χ3n) is 2.25. The van der Waals surface area contributed by atoms with Crippen LogP contribution in [0.25, 0.3) is 0 Å². The van der Waals surface area contributed by atoms with E-state index in [1.807, 2.05) is 45.0 Å². The molecule has 0 fully saturated rings. The van der Waals surface area contributed by atoms with Crippen LogP contribution in [0.15, 0.2) is 24.3 Å². The smallest absolute Gasteiger partial charge is 0.234 e. The van der Waals surface area contributed by atoms with Gasteiger partial charge in [0.25, 0.3) is 0 Å². The number of nitrogens with one attached hydrogen (secondary N) is 1. The second-order valence-electron chi connectivity index (χ2n) is 4.39. The van der Waals surface area contributed by atoms with Crippen molar-refractivity contribution in [3.05, 3.63) is 29.8 Å². The van der Waals surface area contributed by atoms with E-state index in [0.29, 0.717) is 12.4 Å². The van der Waals surface area contributed by atoms with Crippen molar-refractivity contribution in [3.63, 3.8) is 0 Å². The van der Waals surface area contributed by atoms with Gasteiger partial charge in [0, 0.05) is 11.4 Å². The molecule has 1 amide bonds. The first kappa shape index (κ1) is 15.1. The topological polar surface area (TPSA) is 38.3 Å². The highest BCUT2D eigenvalue weighted by atomic mass is 32.2. The molecule has 1 aromatic rings. The van der Waals surface area contributed by atoms with Gasteiger partial charge in [-0.05, 0) is 32.9 Å². The first-order valence-corrected chi connectivity index (χ1v) is 7.29. The zero-order chi connectivity index (χ0) is 13.4. The van der Waals surface area contributed by atoms with Crippen LogP contribution in [0.5, 0.6) is 0 Å². The molecule has 1 N–H and O–H groups in total. The number of amides is 1. The number of carbonyl (C=O) groups is 1. The SMILES string of the molecule is Cc1ccc(NC(=O)CSCCOC(C)C)cc1. The largest absolute Gasteiger partial charge is 0.378 e. The number of hydrogen-bond donors (Lipinski definition) is 1. The lowest BCUT2D eigenvalue weighted by molar-refractivity contribution is -0.113. The Balaban J connectivity index is 2.16. The average Bonchev–Trinajstić information content (AvgIpc) is 2.31. The lowest BCUT2D eigenvalue weighted by Gasteiger charge is -2.07. The van der Waals surface area contributed by atoms with E-state index in [0.717, 1.165) is 11.4 Å². The van der Waals surface area contributed by atoms with Crippen LogP contribution in [0.4, 0.5) is 5.69 Å². The fraction of sp³-hybridized carbons (Fsp3) is 0.500. The Kier molecular flexibility index (Phi) is 6.83. The molecule has 3 nitrogen and oxygen atoms in total. The highest BCUT2D eigenvalue weighted by Gasteiger charge is 2.02. The minimum atomic E-state index is 0.0356. The van der Waals surface area contributed by atoms with Gasteiger partial charge in [-0.2, -0.15) is 0 Å². The van der Waals surface area contributed by atoms with Crippen LogP contribution < -0.4 is 5.32 Å². The number of aryl methyl sites for hydroxylation is 1. The van der Waals surface area contributed by atoms with Gasteiger partial charge >= 0.3 is 0 Å². The van der Waals surface area contributed by atoms with Crippen molar-refractivity contribution in [1.82, 2.24) is 0 Å². The van der Waals surface area contributed by atoms with E-state index in [-0.39, 0.29) is 12.0 Å². The molecule has 0 saturated carbocycles. The van der Waals surface area contributed by atoms with E-state index in [1.165, 1.54) is 5.56 Å². The van der Waals surface area contributed by atoms with E-state index >= 15 is 0 Å². The lowest BCUT2D eigenvalue weighted by Crippen LogP contribution is -2.15. The van der Waals surface area contributed by atoms with E-state index in [9.17, 15) is 4.79 Å². The Morgan fingerprint density at radius 1 is 1.33 bits per heavy atom. The fourth-order valence-electron chi connectivity index (χ4n) is 1.34. The van der Waals surface area contributed by atoms with Crippen molar-refractivity contribution in [3.8, 4) is 0 Å². The van der Waals surface area contributed by atoms with E-state index < -0.39 is 0 Å². The maximum absolute atomic E-state index is 11.6.